The van der Waals surface area contributed by atoms with Crippen LogP contribution in [0.4, 0.5) is 13.6 Å². The summed E-state index contributed by atoms with van der Waals surface area (Å²) in [6.07, 6.45) is -1.37. The Labute approximate surface area is 182 Å². The van der Waals surface area contributed by atoms with Crippen molar-refractivity contribution in [2.75, 3.05) is 6.54 Å². The van der Waals surface area contributed by atoms with E-state index < -0.39 is 48.8 Å². The first kappa shape index (κ1) is 25.0. The van der Waals surface area contributed by atoms with E-state index in [9.17, 15) is 9.90 Å². The Morgan fingerprint density at radius 1 is 1.33 bits per heavy atom. The number of pyridine rings is 1. The predicted octanol–water partition coefficient (Wildman–Crippen LogP) is 5.09. The Balaban J connectivity index is 2.57. The summed E-state index contributed by atoms with van der Waals surface area (Å²) in [6, 6.07) is 1.23. The Bertz CT molecular complexity index is 841. The highest BCUT2D eigenvalue weighted by Gasteiger charge is 2.62. The first-order valence-electron chi connectivity index (χ1n) is 9.82. The minimum atomic E-state index is -2.34. The van der Waals surface area contributed by atoms with Gasteiger partial charge in [-0.05, 0) is 50.9 Å². The van der Waals surface area contributed by atoms with E-state index in [1.807, 2.05) is 39.2 Å². The Kier molecular flexibility index (Phi) is 6.40. The van der Waals surface area contributed by atoms with Crippen molar-refractivity contribution < 1.29 is 28.2 Å². The van der Waals surface area contributed by atoms with Gasteiger partial charge in [0, 0.05) is 5.56 Å². The van der Waals surface area contributed by atoms with E-state index in [4.69, 9.17) is 21.1 Å². The van der Waals surface area contributed by atoms with E-state index in [1.165, 1.54) is 6.07 Å². The van der Waals surface area contributed by atoms with Gasteiger partial charge >= 0.3 is 6.09 Å². The second kappa shape index (κ2) is 7.69. The number of carbonyl (C=O) groups is 1. The lowest BCUT2D eigenvalue weighted by Gasteiger charge is -2.43. The average Bonchev–Trinajstić information content (AvgIpc) is 3.32. The SMILES string of the molecule is CC(C)(O[Si](C)(C)C(C)(C)C)c1cc(C(O)(CNC(=O)O)C2(F)CC2)nc(Cl)c1F. The van der Waals surface area contributed by atoms with Gasteiger partial charge in [-0.25, -0.2) is 18.6 Å². The second-order valence-electron chi connectivity index (χ2n) is 10.0. The summed E-state index contributed by atoms with van der Waals surface area (Å²) >= 11 is 6.02. The van der Waals surface area contributed by atoms with Crippen molar-refractivity contribution >= 4 is 26.0 Å². The minimum Gasteiger partial charge on any atom is -0.465 e. The van der Waals surface area contributed by atoms with Gasteiger partial charge in [0.1, 0.15) is 5.67 Å². The average molecular weight is 465 g/mol. The summed E-state index contributed by atoms with van der Waals surface area (Å²) in [5.74, 6) is -0.818. The Morgan fingerprint density at radius 2 is 1.87 bits per heavy atom. The maximum atomic E-state index is 15.1. The van der Waals surface area contributed by atoms with E-state index in [2.05, 4.69) is 4.98 Å². The molecule has 30 heavy (non-hydrogen) atoms. The first-order valence-corrected chi connectivity index (χ1v) is 13.1. The van der Waals surface area contributed by atoms with Crippen molar-refractivity contribution in [3.63, 3.8) is 0 Å². The summed E-state index contributed by atoms with van der Waals surface area (Å²) in [4.78, 5) is 14.8. The van der Waals surface area contributed by atoms with Gasteiger partial charge in [-0.3, -0.25) is 0 Å². The molecule has 0 aliphatic heterocycles. The number of hydrogen-bond donors (Lipinski definition) is 3. The third kappa shape index (κ3) is 4.64. The van der Waals surface area contributed by atoms with Crippen LogP contribution in [0.2, 0.25) is 23.3 Å². The van der Waals surface area contributed by atoms with Crippen molar-refractivity contribution in [3.05, 3.63) is 28.3 Å². The maximum Gasteiger partial charge on any atom is 0.404 e. The first-order chi connectivity index (χ1) is 13.4. The molecule has 2 rings (SSSR count). The summed E-state index contributed by atoms with van der Waals surface area (Å²) in [6.45, 7) is 12.9. The molecule has 1 heterocycles. The van der Waals surface area contributed by atoms with Gasteiger partial charge in [-0.2, -0.15) is 0 Å². The van der Waals surface area contributed by atoms with Crippen LogP contribution in [0.1, 0.15) is 58.7 Å². The van der Waals surface area contributed by atoms with Crippen molar-refractivity contribution in [1.82, 2.24) is 10.3 Å². The van der Waals surface area contributed by atoms with Crippen LogP contribution in [0.3, 0.4) is 0 Å². The lowest BCUT2D eigenvalue weighted by Crippen LogP contribution is -2.50. The van der Waals surface area contributed by atoms with Gasteiger partial charge in [-0.1, -0.05) is 32.4 Å². The van der Waals surface area contributed by atoms with Gasteiger partial charge in [0.15, 0.2) is 24.9 Å². The monoisotopic (exact) mass is 464 g/mol. The van der Waals surface area contributed by atoms with Crippen LogP contribution >= 0.6 is 11.6 Å². The lowest BCUT2D eigenvalue weighted by atomic mass is 9.87. The highest BCUT2D eigenvalue weighted by molar-refractivity contribution is 6.74. The maximum absolute atomic E-state index is 15.1. The van der Waals surface area contributed by atoms with Gasteiger partial charge in [0.2, 0.25) is 0 Å². The minimum absolute atomic E-state index is 0.0281. The normalized spacial score (nSPS) is 18.6. The van der Waals surface area contributed by atoms with E-state index in [1.54, 1.807) is 13.8 Å². The molecule has 1 unspecified atom stereocenters. The molecule has 1 saturated carbocycles. The Morgan fingerprint density at radius 3 is 2.30 bits per heavy atom. The van der Waals surface area contributed by atoms with Gasteiger partial charge in [0.05, 0.1) is 17.8 Å². The van der Waals surface area contributed by atoms with Crippen LogP contribution < -0.4 is 5.32 Å². The number of rotatable bonds is 7. The van der Waals surface area contributed by atoms with Crippen molar-refractivity contribution in [2.24, 2.45) is 0 Å². The van der Waals surface area contributed by atoms with E-state index >= 15 is 8.78 Å². The molecule has 1 atom stereocenters. The molecule has 0 saturated heterocycles. The molecule has 1 aliphatic rings. The van der Waals surface area contributed by atoms with Crippen LogP contribution in [-0.4, -0.2) is 41.8 Å². The van der Waals surface area contributed by atoms with E-state index in [0.717, 1.165) is 0 Å². The number of nitrogens with one attached hydrogen (secondary N) is 1. The van der Waals surface area contributed by atoms with Gasteiger partial charge in [0.25, 0.3) is 0 Å². The topological polar surface area (TPSA) is 91.7 Å². The highest BCUT2D eigenvalue weighted by Crippen LogP contribution is 2.53. The predicted molar refractivity (Wildman–Crippen MR) is 114 cm³/mol. The number of aliphatic hydroxyl groups is 1. The standard InChI is InChI=1S/C20H31ClF2N2O4Si/c1-17(2,3)30(6,7)29-18(4,5)12-10-13(25-15(21)14(12)22)20(28,11-24-16(26)27)19(23)8-9-19/h10,24,28H,8-9,11H2,1-7H3,(H,26,27). The zero-order chi connectivity index (χ0) is 23.3. The number of aromatic nitrogens is 1. The molecule has 0 bridgehead atoms. The van der Waals surface area contributed by atoms with Crippen LogP contribution in [0.15, 0.2) is 6.07 Å². The molecular formula is C20H31ClF2N2O4Si. The fourth-order valence-corrected chi connectivity index (χ4v) is 5.08. The zero-order valence-electron chi connectivity index (χ0n) is 18.5. The molecule has 10 heteroatoms. The molecule has 0 radical (unpaired) electrons. The van der Waals surface area contributed by atoms with Crippen LogP contribution in [0, 0.1) is 5.82 Å². The van der Waals surface area contributed by atoms with Gasteiger partial charge < -0.3 is 20.0 Å². The Hall–Kier alpha value is -1.29. The van der Waals surface area contributed by atoms with Crippen LogP contribution in [-0.2, 0) is 15.6 Å². The smallest absolute Gasteiger partial charge is 0.404 e. The van der Waals surface area contributed by atoms with E-state index in [-0.39, 0.29) is 29.1 Å². The summed E-state index contributed by atoms with van der Waals surface area (Å²) in [7, 11) is -2.34. The molecule has 170 valence electrons. The highest BCUT2D eigenvalue weighted by atomic mass is 35.5. The van der Waals surface area contributed by atoms with Crippen LogP contribution in [0.5, 0.6) is 0 Å². The molecule has 0 spiro atoms. The van der Waals surface area contributed by atoms with Crippen molar-refractivity contribution in [2.45, 2.75) is 82.5 Å². The third-order valence-corrected chi connectivity index (χ3v) is 11.1. The fraction of sp³-hybridized carbons (Fsp3) is 0.700. The number of alkyl halides is 1. The number of amides is 1. The molecule has 1 aliphatic carbocycles. The number of hydrogen-bond acceptors (Lipinski definition) is 4. The quantitative estimate of drug-likeness (QED) is 0.386. The molecule has 1 amide bonds. The molecular weight excluding hydrogens is 434 g/mol. The third-order valence-electron chi connectivity index (χ3n) is 6.23. The van der Waals surface area contributed by atoms with Gasteiger partial charge in [-0.15, -0.1) is 0 Å². The molecule has 0 aromatic carbocycles. The summed E-state index contributed by atoms with van der Waals surface area (Å²) in [5, 5.41) is 21.4. The molecule has 1 aromatic heterocycles. The van der Waals surface area contributed by atoms with Crippen molar-refractivity contribution in [1.29, 1.82) is 0 Å². The summed E-state index contributed by atoms with van der Waals surface area (Å²) in [5.41, 5.74) is -5.72. The fourth-order valence-electron chi connectivity index (χ4n) is 3.20. The second-order valence-corrected chi connectivity index (χ2v) is 15.1. The summed E-state index contributed by atoms with van der Waals surface area (Å²) < 4.78 is 36.5. The van der Waals surface area contributed by atoms with Crippen molar-refractivity contribution in [3.8, 4) is 0 Å². The number of carboxylic acid groups (broad SMARTS) is 1. The number of nitrogens with zero attached hydrogens (tertiary/aromatic N) is 1. The van der Waals surface area contributed by atoms with Crippen LogP contribution in [0.25, 0.3) is 0 Å². The molecule has 1 aromatic rings. The zero-order valence-corrected chi connectivity index (χ0v) is 20.2. The molecule has 6 nitrogen and oxygen atoms in total. The largest absolute Gasteiger partial charge is 0.465 e. The lowest BCUT2D eigenvalue weighted by molar-refractivity contribution is -0.0572. The number of halogens is 3. The molecule has 3 N–H and O–H groups in total. The van der Waals surface area contributed by atoms with E-state index in [0.29, 0.717) is 0 Å². The molecule has 1 fully saturated rings.